The van der Waals surface area contributed by atoms with Crippen LogP contribution in [0.15, 0.2) is 0 Å². The third-order valence-electron chi connectivity index (χ3n) is 3.58. The Kier molecular flexibility index (Phi) is 5.77. The molecule has 2 unspecified atom stereocenters. The summed E-state index contributed by atoms with van der Waals surface area (Å²) in [6.07, 6.45) is -0.952. The Morgan fingerprint density at radius 2 is 1.88 bits per heavy atom. The molecule has 1 heterocycles. The fourth-order valence-electron chi connectivity index (χ4n) is 2.36. The summed E-state index contributed by atoms with van der Waals surface area (Å²) in [5.41, 5.74) is 0. The summed E-state index contributed by atoms with van der Waals surface area (Å²) in [6.45, 7) is 6.06. The highest BCUT2D eigenvalue weighted by atomic mass is 79.9. The first-order valence-corrected chi connectivity index (χ1v) is 7.15. The van der Waals surface area contributed by atoms with E-state index in [9.17, 15) is 13.2 Å². The highest BCUT2D eigenvalue weighted by Gasteiger charge is 2.38. The van der Waals surface area contributed by atoms with Crippen molar-refractivity contribution in [3.05, 3.63) is 0 Å². The summed E-state index contributed by atoms with van der Waals surface area (Å²) >= 11 is 2.74. The molecule has 0 saturated carbocycles. The highest BCUT2D eigenvalue weighted by Crippen LogP contribution is 2.29. The number of rotatable bonds is 3. The van der Waals surface area contributed by atoms with Gasteiger partial charge in [-0.25, -0.2) is 0 Å². The van der Waals surface area contributed by atoms with Gasteiger partial charge in [0.2, 0.25) is 0 Å². The van der Waals surface area contributed by atoms with Gasteiger partial charge in [0.1, 0.15) is 4.83 Å². The lowest BCUT2D eigenvalue weighted by atomic mass is 9.89. The fraction of sp³-hybridized carbons (Fsp3) is 1.00. The molecule has 2 atom stereocenters. The quantitative estimate of drug-likeness (QED) is 0.710. The first kappa shape index (κ1) is 15.3. The van der Waals surface area contributed by atoms with Gasteiger partial charge in [0, 0.05) is 6.54 Å². The van der Waals surface area contributed by atoms with Crippen molar-refractivity contribution in [1.29, 1.82) is 0 Å². The molecule has 0 aromatic heterocycles. The molecule has 0 amide bonds. The van der Waals surface area contributed by atoms with Crippen LogP contribution in [0.3, 0.4) is 0 Å². The van der Waals surface area contributed by atoms with Crippen molar-refractivity contribution < 1.29 is 13.2 Å². The number of nitrogens with zero attached hydrogens (tertiary/aromatic N) is 1. The Balaban J connectivity index is 2.42. The highest BCUT2D eigenvalue weighted by molar-refractivity contribution is 9.09. The minimum atomic E-state index is -4.14. The maximum absolute atomic E-state index is 12.4. The van der Waals surface area contributed by atoms with Crippen LogP contribution in [0, 0.1) is 11.8 Å². The van der Waals surface area contributed by atoms with E-state index in [1.165, 1.54) is 0 Å². The molecule has 0 aliphatic carbocycles. The minimum Gasteiger partial charge on any atom is -0.302 e. The number of hydrogen-bond donors (Lipinski definition) is 0. The van der Waals surface area contributed by atoms with Gasteiger partial charge in [-0.05, 0) is 44.2 Å². The topological polar surface area (TPSA) is 3.24 Å². The molecular weight excluding hydrogens is 295 g/mol. The lowest BCUT2D eigenvalue weighted by molar-refractivity contribution is -0.130. The largest absolute Gasteiger partial charge is 0.402 e. The van der Waals surface area contributed by atoms with Crippen molar-refractivity contribution in [2.24, 2.45) is 11.8 Å². The van der Waals surface area contributed by atoms with Crippen LogP contribution in [0.5, 0.6) is 0 Å². The molecule has 0 aromatic rings. The van der Waals surface area contributed by atoms with Crippen LogP contribution in [0.1, 0.15) is 33.1 Å². The zero-order valence-electron chi connectivity index (χ0n) is 10.4. The van der Waals surface area contributed by atoms with Crippen LogP contribution >= 0.6 is 15.9 Å². The maximum atomic E-state index is 12.4. The Hall–Kier alpha value is 0.230. The lowest BCUT2D eigenvalue weighted by Crippen LogP contribution is -2.38. The SMILES string of the molecule is CC(C)C1CCCN(CC(Br)C(F)(F)F)CC1. The number of hydrogen-bond acceptors (Lipinski definition) is 1. The smallest absolute Gasteiger partial charge is 0.302 e. The average Bonchev–Trinajstić information content (AvgIpc) is 2.41. The zero-order valence-corrected chi connectivity index (χ0v) is 12.0. The van der Waals surface area contributed by atoms with E-state index in [4.69, 9.17) is 0 Å². The van der Waals surface area contributed by atoms with Crippen LogP contribution in [0.4, 0.5) is 13.2 Å². The predicted octanol–water partition coefficient (Wildman–Crippen LogP) is 4.07. The Morgan fingerprint density at radius 3 is 2.41 bits per heavy atom. The van der Waals surface area contributed by atoms with E-state index < -0.39 is 11.0 Å². The normalized spacial score (nSPS) is 25.9. The van der Waals surface area contributed by atoms with Crippen LogP contribution < -0.4 is 0 Å². The summed E-state index contributed by atoms with van der Waals surface area (Å²) < 4.78 is 37.3. The van der Waals surface area contributed by atoms with E-state index in [-0.39, 0.29) is 6.54 Å². The molecule has 102 valence electrons. The van der Waals surface area contributed by atoms with Crippen LogP contribution in [0.25, 0.3) is 0 Å². The molecule has 0 bridgehead atoms. The summed E-state index contributed by atoms with van der Waals surface area (Å²) in [4.78, 5) is 0.542. The van der Waals surface area contributed by atoms with Gasteiger partial charge >= 0.3 is 6.18 Å². The zero-order chi connectivity index (χ0) is 13.1. The number of likely N-dealkylation sites (tertiary alicyclic amines) is 1. The second kappa shape index (κ2) is 6.41. The summed E-state index contributed by atoms with van der Waals surface area (Å²) in [5, 5.41) is 0. The molecule has 17 heavy (non-hydrogen) atoms. The van der Waals surface area contributed by atoms with Gasteiger partial charge in [-0.15, -0.1) is 0 Å². The van der Waals surface area contributed by atoms with E-state index >= 15 is 0 Å². The number of alkyl halides is 4. The monoisotopic (exact) mass is 315 g/mol. The molecule has 1 aliphatic rings. The number of halogens is 4. The van der Waals surface area contributed by atoms with Crippen molar-refractivity contribution in [2.45, 2.75) is 44.1 Å². The standard InChI is InChI=1S/C12H21BrF3N/c1-9(2)10-4-3-6-17(7-5-10)8-11(13)12(14,15)16/h9-11H,3-8H2,1-2H3. The molecule has 0 N–H and O–H groups in total. The van der Waals surface area contributed by atoms with Gasteiger partial charge in [-0.3, -0.25) is 0 Å². The molecule has 5 heteroatoms. The molecule has 0 aromatic carbocycles. The third kappa shape index (κ3) is 5.16. The van der Waals surface area contributed by atoms with Crippen molar-refractivity contribution in [3.63, 3.8) is 0 Å². The van der Waals surface area contributed by atoms with Crippen LogP contribution in [-0.4, -0.2) is 35.5 Å². The van der Waals surface area contributed by atoms with Crippen LogP contribution in [0.2, 0.25) is 0 Å². The third-order valence-corrected chi connectivity index (χ3v) is 4.39. The fourth-order valence-corrected chi connectivity index (χ4v) is 2.77. The van der Waals surface area contributed by atoms with Crippen LogP contribution in [-0.2, 0) is 0 Å². The van der Waals surface area contributed by atoms with E-state index in [1.54, 1.807) is 0 Å². The lowest BCUT2D eigenvalue weighted by Gasteiger charge is -2.24. The van der Waals surface area contributed by atoms with Gasteiger partial charge in [-0.2, -0.15) is 13.2 Å². The molecule has 1 saturated heterocycles. The summed E-state index contributed by atoms with van der Waals surface area (Å²) in [7, 11) is 0. The van der Waals surface area contributed by atoms with Crippen molar-refractivity contribution in [2.75, 3.05) is 19.6 Å². The molecular formula is C12H21BrF3N. The van der Waals surface area contributed by atoms with Gasteiger partial charge in [-0.1, -0.05) is 29.8 Å². The minimum absolute atomic E-state index is 0.0777. The maximum Gasteiger partial charge on any atom is 0.402 e. The summed E-state index contributed by atoms with van der Waals surface area (Å²) in [6, 6.07) is 0. The van der Waals surface area contributed by atoms with E-state index in [2.05, 4.69) is 29.8 Å². The Bertz CT molecular complexity index is 230. The van der Waals surface area contributed by atoms with E-state index in [0.717, 1.165) is 32.4 Å². The van der Waals surface area contributed by atoms with Gasteiger partial charge in [0.25, 0.3) is 0 Å². The van der Waals surface area contributed by atoms with Gasteiger partial charge in [0.05, 0.1) is 0 Å². The van der Waals surface area contributed by atoms with E-state index in [1.807, 2.05) is 4.90 Å². The average molecular weight is 316 g/mol. The Morgan fingerprint density at radius 1 is 1.24 bits per heavy atom. The van der Waals surface area contributed by atoms with Gasteiger partial charge < -0.3 is 4.90 Å². The van der Waals surface area contributed by atoms with Crippen molar-refractivity contribution in [1.82, 2.24) is 4.90 Å². The second-order valence-corrected chi connectivity index (χ2v) is 6.35. The summed E-state index contributed by atoms with van der Waals surface area (Å²) in [5.74, 6) is 1.30. The molecule has 0 radical (unpaired) electrons. The predicted molar refractivity (Wildman–Crippen MR) is 67.4 cm³/mol. The molecule has 1 rings (SSSR count). The molecule has 1 aliphatic heterocycles. The first-order valence-electron chi connectivity index (χ1n) is 6.24. The molecule has 1 fully saturated rings. The Labute approximate surface area is 110 Å². The first-order chi connectivity index (χ1) is 7.80. The van der Waals surface area contributed by atoms with Crippen molar-refractivity contribution in [3.8, 4) is 0 Å². The van der Waals surface area contributed by atoms with E-state index in [0.29, 0.717) is 11.8 Å². The van der Waals surface area contributed by atoms with Crippen molar-refractivity contribution >= 4 is 15.9 Å². The second-order valence-electron chi connectivity index (χ2n) is 5.24. The molecule has 1 nitrogen and oxygen atoms in total. The van der Waals surface area contributed by atoms with Gasteiger partial charge in [0.15, 0.2) is 0 Å². The molecule has 0 spiro atoms.